The molecule has 24 heteroatoms. The molecule has 4 atom stereocenters. The Morgan fingerprint density at radius 1 is 0.450 bits per heavy atom. The minimum absolute atomic E-state index is 0.220. The Kier molecular flexibility index (Phi) is 21.2. The highest BCUT2D eigenvalue weighted by Gasteiger charge is 2.42. The molecule has 0 aliphatic carbocycles. The SMILES string of the molecule is CC(C)(C)OC(=O)N(C(=O)OC(C)(C)C)[C@@H](CCC(=O)N[C@@H](CSSC[C@H](NC(=O)CC[C@@H](C(=O)O)N(C(=O)OC(C)(C)C)C(=O)OC(C)(C)C)C(=O)O)C(=O)O)C(=O)O. The number of carbonyl (C=O) groups excluding carboxylic acids is 6. The van der Waals surface area contributed by atoms with Crippen LogP contribution < -0.4 is 10.6 Å². The van der Waals surface area contributed by atoms with E-state index in [1.807, 2.05) is 0 Å². The van der Waals surface area contributed by atoms with Crippen LogP contribution in [0.2, 0.25) is 0 Å². The van der Waals surface area contributed by atoms with E-state index in [1.54, 1.807) is 0 Å². The molecule has 0 radical (unpaired) electrons. The fourth-order valence-electron chi connectivity index (χ4n) is 4.28. The van der Waals surface area contributed by atoms with Gasteiger partial charge in [0.1, 0.15) is 46.6 Å². The molecule has 6 N–H and O–H groups in total. The highest BCUT2D eigenvalue weighted by molar-refractivity contribution is 8.76. The Labute approximate surface area is 355 Å². The Morgan fingerprint density at radius 3 is 0.867 bits per heavy atom. The normalized spacial score (nSPS) is 13.9. The minimum Gasteiger partial charge on any atom is -0.480 e. The number of rotatable bonds is 19. The quantitative estimate of drug-likeness (QED) is 0.0597. The van der Waals surface area contributed by atoms with Crippen LogP contribution in [0.15, 0.2) is 0 Å². The zero-order valence-corrected chi connectivity index (χ0v) is 37.4. The second-order valence-electron chi connectivity index (χ2n) is 16.9. The number of ether oxygens (including phenoxy) is 4. The van der Waals surface area contributed by atoms with Crippen molar-refractivity contribution in [3.63, 3.8) is 0 Å². The molecule has 6 amide bonds. The van der Waals surface area contributed by atoms with Gasteiger partial charge in [-0.3, -0.25) is 9.59 Å². The number of hydrogen-bond acceptors (Lipinski definition) is 16. The third-order valence-electron chi connectivity index (χ3n) is 6.66. The lowest BCUT2D eigenvalue weighted by atomic mass is 10.1. The summed E-state index contributed by atoms with van der Waals surface area (Å²) < 4.78 is 20.7. The molecule has 0 unspecified atom stereocenters. The van der Waals surface area contributed by atoms with E-state index in [-0.39, 0.29) is 21.3 Å². The van der Waals surface area contributed by atoms with Crippen molar-refractivity contribution in [3.05, 3.63) is 0 Å². The Morgan fingerprint density at radius 2 is 0.683 bits per heavy atom. The summed E-state index contributed by atoms with van der Waals surface area (Å²) in [5.74, 6) is -9.07. The van der Waals surface area contributed by atoms with Crippen molar-refractivity contribution in [2.45, 2.75) is 155 Å². The van der Waals surface area contributed by atoms with Crippen LogP contribution in [0.1, 0.15) is 109 Å². The molecule has 60 heavy (non-hydrogen) atoms. The van der Waals surface area contributed by atoms with Gasteiger partial charge < -0.3 is 50.0 Å². The van der Waals surface area contributed by atoms with Gasteiger partial charge in [0, 0.05) is 24.3 Å². The van der Waals surface area contributed by atoms with E-state index in [0.717, 1.165) is 21.6 Å². The topological polar surface area (TPSA) is 319 Å². The first-order chi connectivity index (χ1) is 27.0. The molecule has 0 bridgehead atoms. The molecule has 0 aliphatic rings. The maximum absolute atomic E-state index is 12.9. The standard InChI is InChI=1S/C36H58N4O18S2/c1-33(2,3)55-29(51)39(30(52)56-34(4,5)6)21(27(47)48)13-15-23(41)37-19(25(43)44)17-59-60-18-20(26(45)46)38-24(42)16-14-22(28(49)50)40(31(53)57-35(7,8)9)32(54)58-36(10,11)12/h19-22H,13-18H2,1-12H3,(H,37,41)(H,38,42)(H,43,44)(H,45,46)(H,47,48)(H,49,50)/t19-,20-,21-,22-/m0/s1. The predicted molar refractivity (Wildman–Crippen MR) is 214 cm³/mol. The fourth-order valence-corrected chi connectivity index (χ4v) is 6.59. The summed E-state index contributed by atoms with van der Waals surface area (Å²) >= 11 is 0. The van der Waals surface area contributed by atoms with E-state index < -0.39 is 132 Å². The number of carboxylic acids is 4. The monoisotopic (exact) mass is 898 g/mol. The maximum atomic E-state index is 12.9. The summed E-state index contributed by atoms with van der Waals surface area (Å²) in [7, 11) is 1.59. The van der Waals surface area contributed by atoms with Crippen LogP contribution in [-0.2, 0) is 47.7 Å². The van der Waals surface area contributed by atoms with E-state index in [1.165, 1.54) is 83.1 Å². The molecule has 0 aliphatic heterocycles. The molecule has 0 saturated heterocycles. The fraction of sp³-hybridized carbons (Fsp3) is 0.722. The van der Waals surface area contributed by atoms with Crippen LogP contribution >= 0.6 is 21.6 Å². The summed E-state index contributed by atoms with van der Waals surface area (Å²) in [6, 6.07) is -7.09. The number of hydrogen-bond donors (Lipinski definition) is 6. The van der Waals surface area contributed by atoms with E-state index in [2.05, 4.69) is 10.6 Å². The van der Waals surface area contributed by atoms with E-state index in [4.69, 9.17) is 18.9 Å². The van der Waals surface area contributed by atoms with E-state index in [9.17, 15) is 68.4 Å². The predicted octanol–water partition coefficient (Wildman–Crippen LogP) is 4.32. The van der Waals surface area contributed by atoms with Gasteiger partial charge in [0.15, 0.2) is 0 Å². The molecular formula is C36H58N4O18S2. The molecule has 0 saturated carbocycles. The van der Waals surface area contributed by atoms with Gasteiger partial charge in [-0.05, 0) is 95.9 Å². The smallest absolute Gasteiger partial charge is 0.420 e. The maximum Gasteiger partial charge on any atom is 0.420 e. The first-order valence-corrected chi connectivity index (χ1v) is 20.8. The summed E-state index contributed by atoms with van der Waals surface area (Å²) in [6.07, 6.45) is -8.11. The summed E-state index contributed by atoms with van der Waals surface area (Å²) in [5, 5.41) is 43.6. The molecule has 0 aromatic rings. The highest BCUT2D eigenvalue weighted by Crippen LogP contribution is 2.25. The molecule has 0 spiro atoms. The Bertz CT molecular complexity index is 1420. The van der Waals surface area contributed by atoms with E-state index in [0.29, 0.717) is 0 Å². The van der Waals surface area contributed by atoms with Crippen LogP contribution in [0.25, 0.3) is 0 Å². The van der Waals surface area contributed by atoms with Gasteiger partial charge in [-0.15, -0.1) is 0 Å². The number of amides is 6. The first kappa shape index (κ1) is 55.0. The molecule has 22 nitrogen and oxygen atoms in total. The molecule has 0 aromatic heterocycles. The number of nitrogens with one attached hydrogen (secondary N) is 2. The number of aliphatic carboxylic acids is 4. The molecule has 0 heterocycles. The van der Waals surface area contributed by atoms with Crippen molar-refractivity contribution in [2.75, 3.05) is 11.5 Å². The van der Waals surface area contributed by atoms with Crippen molar-refractivity contribution in [3.8, 4) is 0 Å². The molecule has 0 fully saturated rings. The second kappa shape index (κ2) is 23.1. The van der Waals surface area contributed by atoms with Gasteiger partial charge in [-0.1, -0.05) is 21.6 Å². The third-order valence-corrected chi connectivity index (χ3v) is 9.09. The van der Waals surface area contributed by atoms with Crippen LogP contribution in [0.4, 0.5) is 19.2 Å². The van der Waals surface area contributed by atoms with Crippen molar-refractivity contribution >= 4 is 81.7 Å². The largest absolute Gasteiger partial charge is 0.480 e. The first-order valence-electron chi connectivity index (χ1n) is 18.3. The summed E-state index contributed by atoms with van der Waals surface area (Å²) in [4.78, 5) is 126. The molecular weight excluding hydrogens is 841 g/mol. The zero-order valence-electron chi connectivity index (χ0n) is 35.8. The molecule has 342 valence electrons. The molecule has 0 rings (SSSR count). The average Bonchev–Trinajstić information content (AvgIpc) is 3.01. The van der Waals surface area contributed by atoms with Gasteiger partial charge in [0.2, 0.25) is 11.8 Å². The van der Waals surface area contributed by atoms with Gasteiger partial charge in [0.25, 0.3) is 0 Å². The van der Waals surface area contributed by atoms with E-state index >= 15 is 0 Å². The number of carboxylic acid groups (broad SMARTS) is 4. The van der Waals surface area contributed by atoms with Crippen LogP contribution in [0.5, 0.6) is 0 Å². The summed E-state index contributed by atoms with van der Waals surface area (Å²) in [5.41, 5.74) is -4.61. The number of imide groups is 2. The third kappa shape index (κ3) is 22.4. The van der Waals surface area contributed by atoms with Crippen molar-refractivity contribution < 1.29 is 87.3 Å². The van der Waals surface area contributed by atoms with Crippen molar-refractivity contribution in [1.82, 2.24) is 20.4 Å². The minimum atomic E-state index is -1.96. The lowest BCUT2D eigenvalue weighted by molar-refractivity contribution is -0.144. The van der Waals surface area contributed by atoms with Crippen molar-refractivity contribution in [2.24, 2.45) is 0 Å². The average molecular weight is 899 g/mol. The van der Waals surface area contributed by atoms with Crippen LogP contribution in [-0.4, -0.2) is 148 Å². The van der Waals surface area contributed by atoms with Crippen molar-refractivity contribution in [1.29, 1.82) is 0 Å². The second-order valence-corrected chi connectivity index (χ2v) is 19.5. The number of carbonyl (C=O) groups is 10. The Hall–Kier alpha value is -5.00. The van der Waals surface area contributed by atoms with Gasteiger partial charge >= 0.3 is 48.3 Å². The number of nitrogens with zero attached hydrogens (tertiary/aromatic N) is 2. The summed E-state index contributed by atoms with van der Waals surface area (Å²) in [6.45, 7) is 17.7. The zero-order chi connectivity index (χ0) is 47.1. The Balaban J connectivity index is 5.65. The molecule has 0 aromatic carbocycles. The lowest BCUT2D eigenvalue weighted by Crippen LogP contribution is -2.52. The lowest BCUT2D eigenvalue weighted by Gasteiger charge is -2.31. The van der Waals surface area contributed by atoms with Crippen LogP contribution in [0, 0.1) is 0 Å². The van der Waals surface area contributed by atoms with Gasteiger partial charge in [0.05, 0.1) is 0 Å². The van der Waals surface area contributed by atoms with Gasteiger partial charge in [-0.25, -0.2) is 38.4 Å². The van der Waals surface area contributed by atoms with Gasteiger partial charge in [-0.2, -0.15) is 9.80 Å². The van der Waals surface area contributed by atoms with Crippen LogP contribution in [0.3, 0.4) is 0 Å². The highest BCUT2D eigenvalue weighted by atomic mass is 33.1.